The molecule has 25 heavy (non-hydrogen) atoms. The topological polar surface area (TPSA) is 50.8 Å². The summed E-state index contributed by atoms with van der Waals surface area (Å²) < 4.78 is 11.1. The van der Waals surface area contributed by atoms with E-state index in [1.807, 2.05) is 18.2 Å². The third-order valence-corrected chi connectivity index (χ3v) is 5.86. The number of thiophene rings is 1. The highest BCUT2D eigenvalue weighted by Crippen LogP contribution is 2.31. The number of hydrogen-bond donors (Lipinski definition) is 1. The molecule has 1 aliphatic heterocycles. The first-order valence-electron chi connectivity index (χ1n) is 8.36. The van der Waals surface area contributed by atoms with Gasteiger partial charge in [-0.1, -0.05) is 6.07 Å². The Hall–Kier alpha value is -2.05. The summed E-state index contributed by atoms with van der Waals surface area (Å²) in [5, 5.41) is 4.01. The Bertz CT molecular complexity index is 785. The third-order valence-electron chi connectivity index (χ3n) is 4.64. The van der Waals surface area contributed by atoms with Crippen LogP contribution in [0.3, 0.4) is 0 Å². The average Bonchev–Trinajstić information content (AvgIpc) is 2.76. The van der Waals surface area contributed by atoms with Crippen molar-refractivity contribution in [3.63, 3.8) is 0 Å². The van der Waals surface area contributed by atoms with Crippen LogP contribution < -0.4 is 14.8 Å². The summed E-state index contributed by atoms with van der Waals surface area (Å²) >= 11 is 1.64. The van der Waals surface area contributed by atoms with Crippen molar-refractivity contribution in [3.8, 4) is 11.5 Å². The van der Waals surface area contributed by atoms with E-state index >= 15 is 0 Å². The van der Waals surface area contributed by atoms with Crippen molar-refractivity contribution in [1.82, 2.24) is 4.90 Å². The van der Waals surface area contributed by atoms with Crippen LogP contribution in [-0.4, -0.2) is 37.6 Å². The molecule has 5 nitrogen and oxygen atoms in total. The van der Waals surface area contributed by atoms with Crippen LogP contribution in [0.5, 0.6) is 11.5 Å². The Balaban J connectivity index is 1.66. The molecule has 0 aliphatic carbocycles. The molecule has 0 radical (unpaired) electrons. The molecule has 0 bridgehead atoms. The number of hydrogen-bond acceptors (Lipinski definition) is 5. The number of carbonyl (C=O) groups is 1. The van der Waals surface area contributed by atoms with Crippen LogP contribution in [0.15, 0.2) is 18.2 Å². The molecule has 1 aromatic heterocycles. The van der Waals surface area contributed by atoms with E-state index in [1.54, 1.807) is 18.4 Å². The Morgan fingerprint density at radius 1 is 1.32 bits per heavy atom. The van der Waals surface area contributed by atoms with Crippen molar-refractivity contribution in [2.24, 2.45) is 0 Å². The van der Waals surface area contributed by atoms with Crippen molar-refractivity contribution in [3.05, 3.63) is 39.8 Å². The standard InChI is InChI=1S/C19H24N2O3S/c1-12-13(2)19(25-14(12)3)20-18(22)11-21-7-8-24-17-9-16(23-4)6-5-15(17)10-21/h5-6,9H,7-8,10-11H2,1-4H3,(H,20,22). The maximum atomic E-state index is 12.5. The van der Waals surface area contributed by atoms with E-state index < -0.39 is 0 Å². The number of benzene rings is 1. The van der Waals surface area contributed by atoms with Gasteiger partial charge in [0.1, 0.15) is 18.1 Å². The van der Waals surface area contributed by atoms with Crippen LogP contribution in [0.25, 0.3) is 0 Å². The van der Waals surface area contributed by atoms with E-state index in [1.165, 1.54) is 10.4 Å². The number of anilines is 1. The van der Waals surface area contributed by atoms with Gasteiger partial charge < -0.3 is 14.8 Å². The first-order chi connectivity index (χ1) is 12.0. The molecule has 1 N–H and O–H groups in total. The summed E-state index contributed by atoms with van der Waals surface area (Å²) in [6.45, 7) is 8.54. The lowest BCUT2D eigenvalue weighted by Gasteiger charge is -2.18. The lowest BCUT2D eigenvalue weighted by atomic mass is 10.2. The van der Waals surface area contributed by atoms with Crippen LogP contribution >= 0.6 is 11.3 Å². The lowest BCUT2D eigenvalue weighted by molar-refractivity contribution is -0.117. The van der Waals surface area contributed by atoms with Gasteiger partial charge in [0.25, 0.3) is 0 Å². The number of rotatable bonds is 4. The van der Waals surface area contributed by atoms with E-state index in [-0.39, 0.29) is 5.91 Å². The minimum absolute atomic E-state index is 0.0151. The summed E-state index contributed by atoms with van der Waals surface area (Å²) in [4.78, 5) is 15.8. The molecule has 2 heterocycles. The molecule has 0 atom stereocenters. The van der Waals surface area contributed by atoms with E-state index in [0.29, 0.717) is 26.2 Å². The third kappa shape index (κ3) is 3.96. The van der Waals surface area contributed by atoms with Gasteiger partial charge in [-0.2, -0.15) is 0 Å². The monoisotopic (exact) mass is 360 g/mol. The fraction of sp³-hybridized carbons (Fsp3) is 0.421. The largest absolute Gasteiger partial charge is 0.497 e. The smallest absolute Gasteiger partial charge is 0.239 e. The highest BCUT2D eigenvalue weighted by Gasteiger charge is 2.19. The van der Waals surface area contributed by atoms with Crippen molar-refractivity contribution in [1.29, 1.82) is 0 Å². The predicted molar refractivity (Wildman–Crippen MR) is 101 cm³/mol. The van der Waals surface area contributed by atoms with Crippen molar-refractivity contribution >= 4 is 22.2 Å². The molecule has 0 fully saturated rings. The Morgan fingerprint density at radius 3 is 2.80 bits per heavy atom. The fourth-order valence-electron chi connectivity index (χ4n) is 2.90. The van der Waals surface area contributed by atoms with Crippen molar-refractivity contribution < 1.29 is 14.3 Å². The van der Waals surface area contributed by atoms with E-state index in [9.17, 15) is 4.79 Å². The van der Waals surface area contributed by atoms with Gasteiger partial charge in [-0.15, -0.1) is 11.3 Å². The summed E-state index contributed by atoms with van der Waals surface area (Å²) in [6.07, 6.45) is 0. The second-order valence-electron chi connectivity index (χ2n) is 6.32. The zero-order valence-corrected chi connectivity index (χ0v) is 16.0. The second kappa shape index (κ2) is 7.45. The van der Waals surface area contributed by atoms with Crippen LogP contribution in [0.2, 0.25) is 0 Å². The average molecular weight is 360 g/mol. The molecule has 1 aromatic carbocycles. The fourth-order valence-corrected chi connectivity index (χ4v) is 3.98. The number of methoxy groups -OCH3 is 1. The van der Waals surface area contributed by atoms with Gasteiger partial charge in [-0.25, -0.2) is 0 Å². The predicted octanol–water partition coefficient (Wildman–Crippen LogP) is 3.52. The van der Waals surface area contributed by atoms with Crippen LogP contribution in [-0.2, 0) is 11.3 Å². The maximum Gasteiger partial charge on any atom is 0.239 e. The molecule has 2 aromatic rings. The molecule has 134 valence electrons. The molecule has 0 saturated carbocycles. The minimum atomic E-state index is 0.0151. The van der Waals surface area contributed by atoms with E-state index in [4.69, 9.17) is 9.47 Å². The molecule has 1 aliphatic rings. The highest BCUT2D eigenvalue weighted by atomic mass is 32.1. The molecular formula is C19H24N2O3S. The Kier molecular flexibility index (Phi) is 5.30. The number of ether oxygens (including phenoxy) is 2. The Morgan fingerprint density at radius 2 is 2.12 bits per heavy atom. The lowest BCUT2D eigenvalue weighted by Crippen LogP contribution is -2.34. The molecule has 6 heteroatoms. The summed E-state index contributed by atoms with van der Waals surface area (Å²) in [7, 11) is 1.64. The molecule has 1 amide bonds. The molecule has 0 saturated heterocycles. The van der Waals surface area contributed by atoms with Gasteiger partial charge in [-0.05, 0) is 38.0 Å². The van der Waals surface area contributed by atoms with Crippen LogP contribution in [0.1, 0.15) is 21.6 Å². The molecular weight excluding hydrogens is 336 g/mol. The summed E-state index contributed by atoms with van der Waals surface area (Å²) in [6, 6.07) is 5.83. The molecule has 3 rings (SSSR count). The quantitative estimate of drug-likeness (QED) is 0.906. The van der Waals surface area contributed by atoms with Gasteiger partial charge in [0.15, 0.2) is 0 Å². The molecule has 0 spiro atoms. The first-order valence-corrected chi connectivity index (χ1v) is 9.18. The highest BCUT2D eigenvalue weighted by molar-refractivity contribution is 7.16. The maximum absolute atomic E-state index is 12.5. The summed E-state index contributed by atoms with van der Waals surface area (Å²) in [5.41, 5.74) is 3.49. The number of aryl methyl sites for hydroxylation is 1. The number of nitrogens with zero attached hydrogens (tertiary/aromatic N) is 1. The SMILES string of the molecule is COc1ccc2c(c1)OCCN(CC(=O)Nc1sc(C)c(C)c1C)C2. The van der Waals surface area contributed by atoms with Gasteiger partial charge in [0.2, 0.25) is 5.91 Å². The van der Waals surface area contributed by atoms with E-state index in [2.05, 4.69) is 31.0 Å². The zero-order chi connectivity index (χ0) is 18.0. The second-order valence-corrected chi connectivity index (χ2v) is 7.54. The number of nitrogens with one attached hydrogen (secondary N) is 1. The summed E-state index contributed by atoms with van der Waals surface area (Å²) in [5.74, 6) is 1.63. The van der Waals surface area contributed by atoms with Gasteiger partial charge in [-0.3, -0.25) is 9.69 Å². The van der Waals surface area contributed by atoms with Crippen molar-refractivity contribution in [2.45, 2.75) is 27.3 Å². The number of fused-ring (bicyclic) bond motifs is 1. The van der Waals surface area contributed by atoms with Gasteiger partial charge >= 0.3 is 0 Å². The van der Waals surface area contributed by atoms with Gasteiger partial charge in [0.05, 0.1) is 18.7 Å². The molecule has 0 unspecified atom stereocenters. The number of carbonyl (C=O) groups excluding carboxylic acids is 1. The minimum Gasteiger partial charge on any atom is -0.497 e. The number of amides is 1. The normalized spacial score (nSPS) is 14.4. The zero-order valence-electron chi connectivity index (χ0n) is 15.1. The van der Waals surface area contributed by atoms with Crippen LogP contribution in [0.4, 0.5) is 5.00 Å². The first kappa shape index (κ1) is 17.8. The van der Waals surface area contributed by atoms with E-state index in [0.717, 1.165) is 27.6 Å². The van der Waals surface area contributed by atoms with Crippen molar-refractivity contribution in [2.75, 3.05) is 32.1 Å². The van der Waals surface area contributed by atoms with Crippen LogP contribution in [0, 0.1) is 20.8 Å². The van der Waals surface area contributed by atoms with Gasteiger partial charge in [0, 0.05) is 29.6 Å². The Labute approximate surface area is 152 Å².